The van der Waals surface area contributed by atoms with Crippen LogP contribution in [0.2, 0.25) is 0 Å². The summed E-state index contributed by atoms with van der Waals surface area (Å²) >= 11 is 0. The van der Waals surface area contributed by atoms with Crippen molar-refractivity contribution in [2.24, 2.45) is 5.73 Å². The number of ether oxygens (including phenoxy) is 3. The Bertz CT molecular complexity index is 231. The van der Waals surface area contributed by atoms with Gasteiger partial charge in [0.15, 0.2) is 0 Å². The first-order valence-electron chi connectivity index (χ1n) is 6.11. The van der Waals surface area contributed by atoms with Crippen molar-refractivity contribution in [3.8, 4) is 0 Å². The maximum atomic E-state index is 5.92. The molecule has 0 aromatic carbocycles. The minimum Gasteiger partial charge on any atom is -0.378 e. The first kappa shape index (κ1) is 12.3. The van der Waals surface area contributed by atoms with E-state index >= 15 is 0 Å². The molecule has 0 bridgehead atoms. The lowest BCUT2D eigenvalue weighted by Gasteiger charge is -2.37. The second-order valence-corrected chi connectivity index (χ2v) is 5.75. The summed E-state index contributed by atoms with van der Waals surface area (Å²) in [6, 6.07) is 0. The van der Waals surface area contributed by atoms with Gasteiger partial charge in [0, 0.05) is 31.6 Å². The van der Waals surface area contributed by atoms with Crippen LogP contribution in [-0.4, -0.2) is 43.7 Å². The van der Waals surface area contributed by atoms with Crippen molar-refractivity contribution in [2.45, 2.75) is 50.4 Å². The molecule has 2 atom stereocenters. The van der Waals surface area contributed by atoms with E-state index in [-0.39, 0.29) is 17.2 Å². The highest BCUT2D eigenvalue weighted by atomic mass is 16.6. The van der Waals surface area contributed by atoms with Crippen LogP contribution in [0.15, 0.2) is 0 Å². The van der Waals surface area contributed by atoms with Gasteiger partial charge in [-0.05, 0) is 20.3 Å². The Morgan fingerprint density at radius 3 is 2.88 bits per heavy atom. The molecule has 0 radical (unpaired) electrons. The molecule has 2 N–H and O–H groups in total. The molecular weight excluding hydrogens is 206 g/mol. The van der Waals surface area contributed by atoms with E-state index in [1.807, 2.05) is 13.8 Å². The Hall–Kier alpha value is -0.160. The van der Waals surface area contributed by atoms with E-state index in [4.69, 9.17) is 19.9 Å². The van der Waals surface area contributed by atoms with Crippen molar-refractivity contribution in [3.63, 3.8) is 0 Å². The van der Waals surface area contributed by atoms with Crippen LogP contribution in [0.1, 0.15) is 33.1 Å². The molecule has 0 aromatic heterocycles. The number of hydrogen-bond donors (Lipinski definition) is 1. The minimum absolute atomic E-state index is 0.0678. The van der Waals surface area contributed by atoms with Gasteiger partial charge in [-0.1, -0.05) is 0 Å². The van der Waals surface area contributed by atoms with Crippen LogP contribution < -0.4 is 5.73 Å². The van der Waals surface area contributed by atoms with Crippen LogP contribution in [-0.2, 0) is 14.2 Å². The van der Waals surface area contributed by atoms with Crippen molar-refractivity contribution >= 4 is 0 Å². The van der Waals surface area contributed by atoms with Crippen LogP contribution in [0.4, 0.5) is 0 Å². The SMILES string of the molecule is CC(C)(N)COC1CCOC2(CCOC2)C1. The molecule has 2 fully saturated rings. The maximum Gasteiger partial charge on any atom is 0.0961 e. The molecule has 2 unspecified atom stereocenters. The lowest BCUT2D eigenvalue weighted by molar-refractivity contribution is -0.136. The smallest absolute Gasteiger partial charge is 0.0961 e. The Labute approximate surface area is 97.4 Å². The highest BCUT2D eigenvalue weighted by molar-refractivity contribution is 4.91. The molecule has 2 aliphatic rings. The zero-order valence-electron chi connectivity index (χ0n) is 10.3. The van der Waals surface area contributed by atoms with Gasteiger partial charge >= 0.3 is 0 Å². The van der Waals surface area contributed by atoms with Crippen LogP contribution in [0.5, 0.6) is 0 Å². The molecule has 0 amide bonds. The van der Waals surface area contributed by atoms with E-state index in [0.29, 0.717) is 6.61 Å². The van der Waals surface area contributed by atoms with Gasteiger partial charge in [-0.15, -0.1) is 0 Å². The average Bonchev–Trinajstić information content (AvgIpc) is 2.63. The summed E-state index contributed by atoms with van der Waals surface area (Å²) in [6.07, 6.45) is 3.19. The van der Waals surface area contributed by atoms with E-state index in [9.17, 15) is 0 Å². The molecule has 0 aliphatic carbocycles. The summed E-state index contributed by atoms with van der Waals surface area (Å²) in [4.78, 5) is 0. The van der Waals surface area contributed by atoms with Crippen LogP contribution >= 0.6 is 0 Å². The first-order chi connectivity index (χ1) is 7.49. The van der Waals surface area contributed by atoms with E-state index in [1.54, 1.807) is 0 Å². The number of hydrogen-bond acceptors (Lipinski definition) is 4. The maximum absolute atomic E-state index is 5.92. The fraction of sp³-hybridized carbons (Fsp3) is 1.00. The fourth-order valence-corrected chi connectivity index (χ4v) is 2.32. The fourth-order valence-electron chi connectivity index (χ4n) is 2.32. The predicted molar refractivity (Wildman–Crippen MR) is 61.4 cm³/mol. The van der Waals surface area contributed by atoms with E-state index in [2.05, 4.69) is 0 Å². The average molecular weight is 229 g/mol. The van der Waals surface area contributed by atoms with Crippen LogP contribution in [0.3, 0.4) is 0 Å². The molecular formula is C12H23NO3. The Morgan fingerprint density at radius 1 is 1.44 bits per heavy atom. The van der Waals surface area contributed by atoms with Crippen molar-refractivity contribution in [1.82, 2.24) is 0 Å². The Kier molecular flexibility index (Phi) is 3.54. The Morgan fingerprint density at radius 2 is 2.25 bits per heavy atom. The van der Waals surface area contributed by atoms with E-state index in [1.165, 1.54) is 0 Å². The second kappa shape index (κ2) is 4.61. The lowest BCUT2D eigenvalue weighted by atomic mass is 9.91. The summed E-state index contributed by atoms with van der Waals surface area (Å²) in [5.41, 5.74) is 5.60. The van der Waals surface area contributed by atoms with Crippen molar-refractivity contribution < 1.29 is 14.2 Å². The molecule has 1 spiro atoms. The molecule has 4 heteroatoms. The van der Waals surface area contributed by atoms with Gasteiger partial charge < -0.3 is 19.9 Å². The summed E-state index contributed by atoms with van der Waals surface area (Å²) in [5, 5.41) is 0. The van der Waals surface area contributed by atoms with E-state index < -0.39 is 0 Å². The van der Waals surface area contributed by atoms with Gasteiger partial charge in [-0.3, -0.25) is 0 Å². The molecule has 2 rings (SSSR count). The number of nitrogens with two attached hydrogens (primary N) is 1. The lowest BCUT2D eigenvalue weighted by Crippen LogP contribution is -2.45. The standard InChI is InChI=1S/C12H23NO3/c1-11(2,13)8-15-10-3-5-16-12(7-10)4-6-14-9-12/h10H,3-9,13H2,1-2H3. The topological polar surface area (TPSA) is 53.7 Å². The molecule has 2 heterocycles. The van der Waals surface area contributed by atoms with Crippen molar-refractivity contribution in [1.29, 1.82) is 0 Å². The molecule has 2 saturated heterocycles. The van der Waals surface area contributed by atoms with Crippen LogP contribution in [0, 0.1) is 0 Å². The van der Waals surface area contributed by atoms with Gasteiger partial charge in [0.1, 0.15) is 0 Å². The van der Waals surface area contributed by atoms with Crippen LogP contribution in [0.25, 0.3) is 0 Å². The second-order valence-electron chi connectivity index (χ2n) is 5.75. The molecule has 4 nitrogen and oxygen atoms in total. The normalized spacial score (nSPS) is 35.8. The van der Waals surface area contributed by atoms with Crippen molar-refractivity contribution in [2.75, 3.05) is 26.4 Å². The van der Waals surface area contributed by atoms with E-state index in [0.717, 1.165) is 39.1 Å². The monoisotopic (exact) mass is 229 g/mol. The van der Waals surface area contributed by atoms with Gasteiger partial charge in [-0.25, -0.2) is 0 Å². The summed E-state index contributed by atoms with van der Waals surface area (Å²) < 4.78 is 17.2. The summed E-state index contributed by atoms with van der Waals surface area (Å²) in [6.45, 7) is 6.89. The molecule has 94 valence electrons. The third kappa shape index (κ3) is 3.17. The summed E-state index contributed by atoms with van der Waals surface area (Å²) in [7, 11) is 0. The quantitative estimate of drug-likeness (QED) is 0.786. The van der Waals surface area contributed by atoms with Gasteiger partial charge in [0.2, 0.25) is 0 Å². The highest BCUT2D eigenvalue weighted by Gasteiger charge is 2.41. The van der Waals surface area contributed by atoms with Crippen molar-refractivity contribution in [3.05, 3.63) is 0 Å². The van der Waals surface area contributed by atoms with Gasteiger partial charge in [0.05, 0.1) is 24.9 Å². The predicted octanol–water partition coefficient (Wildman–Crippen LogP) is 1.08. The minimum atomic E-state index is -0.252. The molecule has 0 aromatic rings. The Balaban J connectivity index is 1.82. The van der Waals surface area contributed by atoms with Gasteiger partial charge in [-0.2, -0.15) is 0 Å². The molecule has 0 saturated carbocycles. The first-order valence-corrected chi connectivity index (χ1v) is 6.11. The largest absolute Gasteiger partial charge is 0.378 e. The third-order valence-electron chi connectivity index (χ3n) is 3.21. The number of rotatable bonds is 3. The molecule has 16 heavy (non-hydrogen) atoms. The molecule has 2 aliphatic heterocycles. The highest BCUT2D eigenvalue weighted by Crippen LogP contribution is 2.34. The third-order valence-corrected chi connectivity index (χ3v) is 3.21. The summed E-state index contributed by atoms with van der Waals surface area (Å²) in [5.74, 6) is 0. The van der Waals surface area contributed by atoms with Gasteiger partial charge in [0.25, 0.3) is 0 Å². The zero-order chi connectivity index (χ0) is 11.6. The zero-order valence-corrected chi connectivity index (χ0v) is 10.3.